The van der Waals surface area contributed by atoms with E-state index in [1.54, 1.807) is 11.2 Å². The third kappa shape index (κ3) is 4.13. The van der Waals surface area contributed by atoms with Gasteiger partial charge in [-0.1, -0.05) is 38.1 Å². The summed E-state index contributed by atoms with van der Waals surface area (Å²) in [5.74, 6) is -0.235. The molecule has 6 rings (SSSR count). The van der Waals surface area contributed by atoms with Crippen LogP contribution < -0.4 is 5.32 Å². The second kappa shape index (κ2) is 9.36. The molecule has 2 saturated carbocycles. The number of benzene rings is 1. The van der Waals surface area contributed by atoms with Gasteiger partial charge in [0.2, 0.25) is 21.8 Å². The number of aliphatic hydroxyl groups is 1. The van der Waals surface area contributed by atoms with E-state index in [-0.39, 0.29) is 47.3 Å². The number of aliphatic hydroxyl groups excluding tert-OH is 1. The maximum absolute atomic E-state index is 14.1. The zero-order chi connectivity index (χ0) is 27.8. The summed E-state index contributed by atoms with van der Waals surface area (Å²) in [6.07, 6.45) is 5.58. The zero-order valence-electron chi connectivity index (χ0n) is 23.5. The normalized spacial score (nSPS) is 34.3. The largest absolute Gasteiger partial charge is 0.392 e. The van der Waals surface area contributed by atoms with Crippen molar-refractivity contribution in [2.45, 2.75) is 95.7 Å². The molecule has 2 unspecified atom stereocenters. The van der Waals surface area contributed by atoms with Crippen molar-refractivity contribution in [3.8, 4) is 0 Å². The highest BCUT2D eigenvalue weighted by atomic mass is 32.2. The Labute approximate surface area is 232 Å². The summed E-state index contributed by atoms with van der Waals surface area (Å²) < 4.78 is 29.9. The Morgan fingerprint density at radius 3 is 2.51 bits per heavy atom. The molecular weight excluding hydrogens is 514 g/mol. The van der Waals surface area contributed by atoms with Crippen LogP contribution >= 0.6 is 0 Å². The van der Waals surface area contributed by atoms with Crippen molar-refractivity contribution in [3.63, 3.8) is 0 Å². The molecule has 2 aliphatic heterocycles. The Balaban J connectivity index is 1.22. The van der Waals surface area contributed by atoms with Gasteiger partial charge in [-0.15, -0.1) is 0 Å². The lowest BCUT2D eigenvalue weighted by molar-refractivity contribution is -0.145. The van der Waals surface area contributed by atoms with E-state index in [0.717, 1.165) is 32.1 Å². The number of rotatable bonds is 7. The van der Waals surface area contributed by atoms with Gasteiger partial charge in [0.1, 0.15) is 0 Å². The summed E-state index contributed by atoms with van der Waals surface area (Å²) in [6, 6.07) is 7.55. The number of carbonyl (C=O) groups is 2. The second-order valence-corrected chi connectivity index (χ2v) is 15.5. The molecule has 9 heteroatoms. The fourth-order valence-corrected chi connectivity index (χ4v) is 11.4. The van der Waals surface area contributed by atoms with Crippen molar-refractivity contribution in [1.29, 1.82) is 0 Å². The number of hydrogen-bond acceptors (Lipinski definition) is 6. The van der Waals surface area contributed by atoms with Gasteiger partial charge in [0.15, 0.2) is 0 Å². The summed E-state index contributed by atoms with van der Waals surface area (Å²) in [5.41, 5.74) is 1.94. The molecule has 1 spiro atoms. The molecule has 8 nitrogen and oxygen atoms in total. The number of nitrogens with zero attached hydrogens (tertiary/aromatic N) is 2. The minimum absolute atomic E-state index is 0.0133. The predicted molar refractivity (Wildman–Crippen MR) is 148 cm³/mol. The highest BCUT2D eigenvalue weighted by Crippen LogP contribution is 2.67. The molecule has 2 bridgehead atoms. The van der Waals surface area contributed by atoms with Crippen LogP contribution in [0, 0.1) is 16.7 Å². The number of nitrogens with one attached hydrogen (secondary N) is 1. The van der Waals surface area contributed by atoms with Gasteiger partial charge in [-0.05, 0) is 79.7 Å². The quantitative estimate of drug-likeness (QED) is 0.499. The number of amides is 2. The molecule has 39 heavy (non-hydrogen) atoms. The summed E-state index contributed by atoms with van der Waals surface area (Å²) in [6.45, 7) is 7.21. The van der Waals surface area contributed by atoms with E-state index < -0.39 is 33.6 Å². The first-order chi connectivity index (χ1) is 18.4. The molecule has 2 N–H and O–H groups in total. The van der Waals surface area contributed by atoms with Gasteiger partial charge < -0.3 is 10.4 Å². The number of carbonyl (C=O) groups excluding carboxylic acids is 2. The Kier molecular flexibility index (Phi) is 6.57. The van der Waals surface area contributed by atoms with Crippen LogP contribution in [0.15, 0.2) is 24.3 Å². The lowest BCUT2D eigenvalue weighted by atomic mass is 9.68. The van der Waals surface area contributed by atoms with E-state index in [1.165, 1.54) is 16.0 Å². The SMILES string of the molecule is C[C@@H](O)CNC1CC(=O)N([C@H]2CC3CC[C@]2(CS(=O)(=O)N2CCC4(CCc5ccccc54)CC2)C3(C)C)C1=O. The van der Waals surface area contributed by atoms with Crippen molar-refractivity contribution in [1.82, 2.24) is 14.5 Å². The summed E-state index contributed by atoms with van der Waals surface area (Å²) >= 11 is 0. The van der Waals surface area contributed by atoms with Crippen molar-refractivity contribution >= 4 is 21.8 Å². The third-order valence-corrected chi connectivity index (χ3v) is 13.5. The van der Waals surface area contributed by atoms with Crippen LogP contribution in [-0.4, -0.2) is 78.1 Å². The molecule has 2 saturated heterocycles. The van der Waals surface area contributed by atoms with E-state index in [1.807, 2.05) is 0 Å². The van der Waals surface area contributed by atoms with Crippen LogP contribution in [0.3, 0.4) is 0 Å². The molecule has 1 aromatic rings. The smallest absolute Gasteiger partial charge is 0.247 e. The molecule has 2 amide bonds. The molecule has 3 aliphatic carbocycles. The molecule has 0 aromatic heterocycles. The van der Waals surface area contributed by atoms with Gasteiger partial charge in [-0.3, -0.25) is 14.5 Å². The zero-order valence-corrected chi connectivity index (χ0v) is 24.3. The Bertz CT molecular complexity index is 1270. The minimum atomic E-state index is -3.60. The number of piperidine rings is 1. The molecule has 5 aliphatic rings. The van der Waals surface area contributed by atoms with Gasteiger partial charge >= 0.3 is 0 Å². The molecular formula is C30H43N3O5S. The average Bonchev–Trinajstić information content (AvgIpc) is 3.52. The average molecular weight is 558 g/mol. The third-order valence-electron chi connectivity index (χ3n) is 11.5. The van der Waals surface area contributed by atoms with Crippen LogP contribution in [0.25, 0.3) is 0 Å². The number of sulfonamides is 1. The molecule has 1 aromatic carbocycles. The van der Waals surface area contributed by atoms with Crippen molar-refractivity contribution in [2.24, 2.45) is 16.7 Å². The molecule has 214 valence electrons. The first-order valence-corrected chi connectivity index (χ1v) is 16.3. The summed E-state index contributed by atoms with van der Waals surface area (Å²) in [5, 5.41) is 12.7. The number of likely N-dealkylation sites (tertiary alicyclic amines) is 1. The van der Waals surface area contributed by atoms with Gasteiger partial charge in [0, 0.05) is 31.1 Å². The van der Waals surface area contributed by atoms with E-state index in [0.29, 0.717) is 25.9 Å². The van der Waals surface area contributed by atoms with Crippen LogP contribution in [0.2, 0.25) is 0 Å². The van der Waals surface area contributed by atoms with E-state index in [2.05, 4.69) is 43.4 Å². The van der Waals surface area contributed by atoms with Gasteiger partial charge in [-0.25, -0.2) is 12.7 Å². The maximum Gasteiger partial charge on any atom is 0.247 e. The summed E-state index contributed by atoms with van der Waals surface area (Å²) in [4.78, 5) is 28.1. The number of fused-ring (bicyclic) bond motifs is 4. The van der Waals surface area contributed by atoms with Crippen molar-refractivity contribution in [3.05, 3.63) is 35.4 Å². The monoisotopic (exact) mass is 557 g/mol. The maximum atomic E-state index is 14.1. The predicted octanol–water partition coefficient (Wildman–Crippen LogP) is 2.59. The standard InChI is InChI=1S/C30H43N3O5S/c1-20(34)18-31-24-17-26(35)33(27(24)36)25-16-22-9-11-30(25,28(22,2)3)19-39(37,38)32-14-12-29(13-15-32)10-8-21-6-4-5-7-23(21)29/h4-7,20,22,24-25,31,34H,8-19H2,1-3H3/t20-,22?,24?,25+,30-/m1/s1. The highest BCUT2D eigenvalue weighted by Gasteiger charge is 2.68. The molecule has 5 atom stereocenters. The van der Waals surface area contributed by atoms with Crippen molar-refractivity contribution in [2.75, 3.05) is 25.4 Å². The number of hydrogen-bond donors (Lipinski definition) is 2. The topological polar surface area (TPSA) is 107 Å². The van der Waals surface area contributed by atoms with Gasteiger partial charge in [-0.2, -0.15) is 0 Å². The van der Waals surface area contributed by atoms with Gasteiger partial charge in [0.25, 0.3) is 0 Å². The molecule has 4 fully saturated rings. The Morgan fingerprint density at radius 2 is 1.82 bits per heavy atom. The van der Waals surface area contributed by atoms with Crippen LogP contribution in [0.4, 0.5) is 0 Å². The minimum Gasteiger partial charge on any atom is -0.392 e. The number of imide groups is 1. The van der Waals surface area contributed by atoms with Crippen molar-refractivity contribution < 1.29 is 23.1 Å². The highest BCUT2D eigenvalue weighted by molar-refractivity contribution is 7.89. The second-order valence-electron chi connectivity index (χ2n) is 13.6. The first kappa shape index (κ1) is 27.4. The van der Waals surface area contributed by atoms with E-state index in [4.69, 9.17) is 0 Å². The Morgan fingerprint density at radius 1 is 1.10 bits per heavy atom. The summed E-state index contributed by atoms with van der Waals surface area (Å²) in [7, 11) is -3.60. The van der Waals surface area contributed by atoms with Gasteiger partial charge in [0.05, 0.1) is 24.3 Å². The lowest BCUT2D eigenvalue weighted by Crippen LogP contribution is -2.57. The molecule has 0 radical (unpaired) electrons. The van der Waals surface area contributed by atoms with E-state index >= 15 is 0 Å². The lowest BCUT2D eigenvalue weighted by Gasteiger charge is -2.46. The fourth-order valence-electron chi connectivity index (χ4n) is 9.08. The van der Waals surface area contributed by atoms with Crippen LogP contribution in [0.5, 0.6) is 0 Å². The van der Waals surface area contributed by atoms with Crippen LogP contribution in [-0.2, 0) is 31.4 Å². The Hall–Kier alpha value is -1.81. The first-order valence-electron chi connectivity index (χ1n) is 14.7. The fraction of sp³-hybridized carbons (Fsp3) is 0.733. The van der Waals surface area contributed by atoms with E-state index in [9.17, 15) is 23.1 Å². The molecule has 2 heterocycles. The number of aryl methyl sites for hydroxylation is 1. The van der Waals surface area contributed by atoms with Crippen LogP contribution in [0.1, 0.15) is 76.8 Å².